The van der Waals surface area contributed by atoms with Gasteiger partial charge in [-0.25, -0.2) is 4.79 Å². The zero-order valence-electron chi connectivity index (χ0n) is 14.6. The molecule has 128 valence electrons. The summed E-state index contributed by atoms with van der Waals surface area (Å²) in [5.74, 6) is 0.700. The predicted molar refractivity (Wildman–Crippen MR) is 100 cm³/mol. The Morgan fingerprint density at radius 3 is 2.54 bits per heavy atom. The number of carbonyl (C=O) groups excluding carboxylic acids is 1. The molecule has 0 bridgehead atoms. The lowest BCUT2D eigenvalue weighted by molar-refractivity contribution is 0.180. The van der Waals surface area contributed by atoms with Crippen LogP contribution in [0.25, 0.3) is 10.8 Å². The third-order valence-electron chi connectivity index (χ3n) is 4.55. The number of benzene rings is 2. The quantitative estimate of drug-likeness (QED) is 0.889. The van der Waals surface area contributed by atoms with Gasteiger partial charge in [0.2, 0.25) is 0 Å². The Morgan fingerprint density at radius 1 is 1.12 bits per heavy atom. The summed E-state index contributed by atoms with van der Waals surface area (Å²) in [5.41, 5.74) is 0.837. The molecule has 1 saturated heterocycles. The van der Waals surface area contributed by atoms with Gasteiger partial charge in [0.1, 0.15) is 0 Å². The molecule has 1 aliphatic rings. The highest BCUT2D eigenvalue weighted by Crippen LogP contribution is 2.19. The van der Waals surface area contributed by atoms with E-state index in [2.05, 4.69) is 41.5 Å². The van der Waals surface area contributed by atoms with E-state index >= 15 is 0 Å². The fourth-order valence-electron chi connectivity index (χ4n) is 3.40. The van der Waals surface area contributed by atoms with E-state index in [-0.39, 0.29) is 12.1 Å². The number of anilines is 1. The van der Waals surface area contributed by atoms with Crippen molar-refractivity contribution in [2.75, 3.05) is 25.0 Å². The molecular formula is C20H27N3O. The van der Waals surface area contributed by atoms with Crippen molar-refractivity contribution in [1.29, 1.82) is 0 Å². The fraction of sp³-hybridized carbons (Fsp3) is 0.450. The van der Waals surface area contributed by atoms with Gasteiger partial charge in [-0.15, -0.1) is 0 Å². The van der Waals surface area contributed by atoms with Crippen LogP contribution in [0.2, 0.25) is 0 Å². The second-order valence-corrected chi connectivity index (χ2v) is 7.13. The monoisotopic (exact) mass is 325 g/mol. The average Bonchev–Trinajstić information content (AvgIpc) is 2.56. The maximum Gasteiger partial charge on any atom is 0.319 e. The van der Waals surface area contributed by atoms with Crippen LogP contribution < -0.4 is 10.6 Å². The first kappa shape index (κ1) is 16.8. The van der Waals surface area contributed by atoms with Crippen molar-refractivity contribution in [2.45, 2.75) is 32.7 Å². The summed E-state index contributed by atoms with van der Waals surface area (Å²) in [6.45, 7) is 7.79. The first-order valence-electron chi connectivity index (χ1n) is 8.89. The van der Waals surface area contributed by atoms with Gasteiger partial charge in [0.05, 0.1) is 0 Å². The second kappa shape index (κ2) is 7.67. The molecule has 0 atom stereocenters. The van der Waals surface area contributed by atoms with Gasteiger partial charge in [0.15, 0.2) is 0 Å². The number of fused-ring (bicyclic) bond motifs is 1. The van der Waals surface area contributed by atoms with Crippen LogP contribution in [0, 0.1) is 5.92 Å². The van der Waals surface area contributed by atoms with Crippen LogP contribution >= 0.6 is 0 Å². The number of carbonyl (C=O) groups is 1. The summed E-state index contributed by atoms with van der Waals surface area (Å²) in [4.78, 5) is 14.7. The zero-order chi connectivity index (χ0) is 16.9. The maximum absolute atomic E-state index is 12.2. The molecule has 0 aliphatic carbocycles. The summed E-state index contributed by atoms with van der Waals surface area (Å²) in [7, 11) is 0. The highest BCUT2D eigenvalue weighted by atomic mass is 16.2. The molecule has 0 radical (unpaired) electrons. The normalized spacial score (nSPS) is 16.5. The first-order chi connectivity index (χ1) is 11.6. The highest BCUT2D eigenvalue weighted by molar-refractivity contribution is 5.93. The van der Waals surface area contributed by atoms with Crippen LogP contribution in [0.3, 0.4) is 0 Å². The number of nitrogens with one attached hydrogen (secondary N) is 2. The summed E-state index contributed by atoms with van der Waals surface area (Å²) in [6.07, 6.45) is 2.05. The van der Waals surface area contributed by atoms with E-state index < -0.39 is 0 Å². The van der Waals surface area contributed by atoms with Crippen molar-refractivity contribution in [1.82, 2.24) is 10.2 Å². The molecule has 2 N–H and O–H groups in total. The van der Waals surface area contributed by atoms with Gasteiger partial charge < -0.3 is 15.5 Å². The molecule has 0 unspecified atom stereocenters. The average molecular weight is 325 g/mol. The molecular weight excluding hydrogens is 298 g/mol. The lowest BCUT2D eigenvalue weighted by Crippen LogP contribution is -2.46. The summed E-state index contributed by atoms with van der Waals surface area (Å²) >= 11 is 0. The number of urea groups is 1. The molecule has 3 rings (SSSR count). The number of hydrogen-bond acceptors (Lipinski definition) is 2. The van der Waals surface area contributed by atoms with E-state index in [1.165, 1.54) is 5.39 Å². The summed E-state index contributed by atoms with van der Waals surface area (Å²) in [6, 6.07) is 14.3. The SMILES string of the molecule is CC(C)CN1CCC(NC(=O)Nc2ccc3ccccc3c2)CC1. The van der Waals surface area contributed by atoms with Crippen LogP contribution in [-0.2, 0) is 0 Å². The largest absolute Gasteiger partial charge is 0.335 e. The number of hydrogen-bond donors (Lipinski definition) is 2. The molecule has 0 aromatic heterocycles. The number of likely N-dealkylation sites (tertiary alicyclic amines) is 1. The number of amides is 2. The van der Waals surface area contributed by atoms with E-state index in [0.717, 1.165) is 43.5 Å². The standard InChI is InChI=1S/C20H27N3O/c1-15(2)14-23-11-9-18(10-12-23)21-20(24)22-19-8-7-16-5-3-4-6-17(16)13-19/h3-8,13,15,18H,9-12,14H2,1-2H3,(H2,21,22,24). The summed E-state index contributed by atoms with van der Waals surface area (Å²) < 4.78 is 0. The molecule has 4 nitrogen and oxygen atoms in total. The molecule has 2 amide bonds. The lowest BCUT2D eigenvalue weighted by Gasteiger charge is -2.33. The molecule has 24 heavy (non-hydrogen) atoms. The minimum Gasteiger partial charge on any atom is -0.335 e. The van der Waals surface area contributed by atoms with Gasteiger partial charge in [-0.1, -0.05) is 44.2 Å². The Hall–Kier alpha value is -2.07. The zero-order valence-corrected chi connectivity index (χ0v) is 14.6. The van der Waals surface area contributed by atoms with Crippen molar-refractivity contribution >= 4 is 22.5 Å². The van der Waals surface area contributed by atoms with Gasteiger partial charge in [-0.2, -0.15) is 0 Å². The number of nitrogens with zero attached hydrogens (tertiary/aromatic N) is 1. The molecule has 1 heterocycles. The van der Waals surface area contributed by atoms with E-state index in [4.69, 9.17) is 0 Å². The molecule has 2 aromatic rings. The van der Waals surface area contributed by atoms with Gasteiger partial charge in [-0.3, -0.25) is 0 Å². The molecule has 1 aliphatic heterocycles. The van der Waals surface area contributed by atoms with E-state index in [1.807, 2.05) is 30.3 Å². The van der Waals surface area contributed by atoms with E-state index in [9.17, 15) is 4.79 Å². The topological polar surface area (TPSA) is 44.4 Å². The van der Waals surface area contributed by atoms with Gasteiger partial charge >= 0.3 is 6.03 Å². The molecule has 0 saturated carbocycles. The minimum atomic E-state index is -0.104. The van der Waals surface area contributed by atoms with Gasteiger partial charge in [0, 0.05) is 31.4 Å². The Bertz CT molecular complexity index is 690. The van der Waals surface area contributed by atoms with Crippen LogP contribution in [-0.4, -0.2) is 36.6 Å². The Labute approximate surface area is 144 Å². The number of piperidine rings is 1. The first-order valence-corrected chi connectivity index (χ1v) is 8.89. The number of rotatable bonds is 4. The third kappa shape index (κ3) is 4.48. The van der Waals surface area contributed by atoms with Crippen LogP contribution in [0.4, 0.5) is 10.5 Å². The molecule has 0 spiro atoms. The predicted octanol–water partition coefficient (Wildman–Crippen LogP) is 4.08. The van der Waals surface area contributed by atoms with Crippen molar-refractivity contribution in [3.63, 3.8) is 0 Å². The van der Waals surface area contributed by atoms with Gasteiger partial charge in [-0.05, 0) is 41.7 Å². The van der Waals surface area contributed by atoms with Crippen LogP contribution in [0.1, 0.15) is 26.7 Å². The smallest absolute Gasteiger partial charge is 0.319 e. The van der Waals surface area contributed by atoms with Crippen LogP contribution in [0.15, 0.2) is 42.5 Å². The van der Waals surface area contributed by atoms with Gasteiger partial charge in [0.25, 0.3) is 0 Å². The maximum atomic E-state index is 12.2. The van der Waals surface area contributed by atoms with Crippen molar-refractivity contribution in [3.8, 4) is 0 Å². The van der Waals surface area contributed by atoms with E-state index in [1.54, 1.807) is 0 Å². The van der Waals surface area contributed by atoms with E-state index in [0.29, 0.717) is 5.92 Å². The summed E-state index contributed by atoms with van der Waals surface area (Å²) in [5, 5.41) is 8.39. The fourth-order valence-corrected chi connectivity index (χ4v) is 3.40. The van der Waals surface area contributed by atoms with Crippen molar-refractivity contribution < 1.29 is 4.79 Å². The van der Waals surface area contributed by atoms with Crippen molar-refractivity contribution in [3.05, 3.63) is 42.5 Å². The Balaban J connectivity index is 1.50. The third-order valence-corrected chi connectivity index (χ3v) is 4.55. The highest BCUT2D eigenvalue weighted by Gasteiger charge is 2.20. The molecule has 1 fully saturated rings. The molecule has 4 heteroatoms. The minimum absolute atomic E-state index is 0.104. The van der Waals surface area contributed by atoms with Crippen molar-refractivity contribution in [2.24, 2.45) is 5.92 Å². The second-order valence-electron chi connectivity index (χ2n) is 7.13. The Morgan fingerprint density at radius 2 is 1.83 bits per heavy atom. The van der Waals surface area contributed by atoms with Crippen LogP contribution in [0.5, 0.6) is 0 Å². The molecule has 2 aromatic carbocycles. The lowest BCUT2D eigenvalue weighted by atomic mass is 10.0. The Kier molecular flexibility index (Phi) is 5.36.